The number of anilines is 1. The van der Waals surface area contributed by atoms with Crippen LogP contribution in [-0.2, 0) is 20.8 Å². The highest BCUT2D eigenvalue weighted by Crippen LogP contribution is 2.31. The largest absolute Gasteiger partial charge is 0.368 e. The first kappa shape index (κ1) is 28.0. The summed E-state index contributed by atoms with van der Waals surface area (Å²) in [7, 11) is 0. The monoisotopic (exact) mass is 538 g/mol. The lowest BCUT2D eigenvalue weighted by Crippen LogP contribution is -2.52. The molecule has 2 heterocycles. The predicted octanol–water partition coefficient (Wildman–Crippen LogP) is 4.40. The van der Waals surface area contributed by atoms with Crippen molar-refractivity contribution >= 4 is 35.0 Å². The van der Waals surface area contributed by atoms with Gasteiger partial charge in [-0.15, -0.1) is 0 Å². The fraction of sp³-hybridized carbons (Fsp3) is 0.500. The van der Waals surface area contributed by atoms with Crippen LogP contribution in [0.25, 0.3) is 0 Å². The molecule has 1 unspecified atom stereocenters. The number of para-hydroxylation sites is 1. The predicted molar refractivity (Wildman–Crippen MR) is 151 cm³/mol. The highest BCUT2D eigenvalue weighted by molar-refractivity contribution is 6.30. The van der Waals surface area contributed by atoms with Gasteiger partial charge in [0, 0.05) is 69.9 Å². The summed E-state index contributed by atoms with van der Waals surface area (Å²) < 4.78 is 0. The van der Waals surface area contributed by atoms with Gasteiger partial charge >= 0.3 is 0 Å². The van der Waals surface area contributed by atoms with Gasteiger partial charge in [-0.3, -0.25) is 14.4 Å². The van der Waals surface area contributed by atoms with E-state index in [1.807, 2.05) is 58.0 Å². The summed E-state index contributed by atoms with van der Waals surface area (Å²) in [4.78, 5) is 46.7. The molecule has 38 heavy (non-hydrogen) atoms. The number of hydrogen-bond acceptors (Lipinski definition) is 4. The van der Waals surface area contributed by atoms with Gasteiger partial charge in [0.25, 0.3) is 0 Å². The van der Waals surface area contributed by atoms with Gasteiger partial charge < -0.3 is 19.6 Å². The van der Waals surface area contributed by atoms with Crippen LogP contribution in [0, 0.1) is 5.92 Å². The molecular weight excluding hydrogens is 500 g/mol. The molecule has 3 amide bonds. The lowest BCUT2D eigenvalue weighted by Gasteiger charge is -2.40. The Morgan fingerprint density at radius 2 is 1.58 bits per heavy atom. The van der Waals surface area contributed by atoms with Gasteiger partial charge in [-0.05, 0) is 56.0 Å². The summed E-state index contributed by atoms with van der Waals surface area (Å²) in [5.74, 6) is -0.221. The fourth-order valence-electron chi connectivity index (χ4n) is 5.55. The molecule has 0 aromatic heterocycles. The van der Waals surface area contributed by atoms with Crippen molar-refractivity contribution < 1.29 is 14.4 Å². The lowest BCUT2D eigenvalue weighted by molar-refractivity contribution is -0.143. The number of amides is 3. The number of benzene rings is 2. The molecule has 204 valence electrons. The van der Waals surface area contributed by atoms with E-state index >= 15 is 0 Å². The quantitative estimate of drug-likeness (QED) is 0.475. The molecule has 2 aliphatic rings. The molecule has 0 bridgehead atoms. The minimum absolute atomic E-state index is 0.0374. The first-order chi connectivity index (χ1) is 18.3. The summed E-state index contributed by atoms with van der Waals surface area (Å²) >= 11 is 6.06. The number of halogens is 1. The van der Waals surface area contributed by atoms with E-state index in [4.69, 9.17) is 11.6 Å². The van der Waals surface area contributed by atoms with Crippen LogP contribution in [0.15, 0.2) is 48.5 Å². The van der Waals surface area contributed by atoms with Gasteiger partial charge in [-0.2, -0.15) is 0 Å². The van der Waals surface area contributed by atoms with Gasteiger partial charge in [-0.1, -0.05) is 41.9 Å². The van der Waals surface area contributed by atoms with Crippen LogP contribution in [0.1, 0.15) is 50.8 Å². The molecule has 0 aliphatic carbocycles. The number of carbonyl (C=O) groups is 3. The average Bonchev–Trinajstić information content (AvgIpc) is 2.88. The molecule has 2 aromatic rings. The molecule has 4 rings (SSSR count). The molecule has 0 radical (unpaired) electrons. The van der Waals surface area contributed by atoms with Crippen molar-refractivity contribution in [2.24, 2.45) is 5.92 Å². The van der Waals surface area contributed by atoms with Crippen molar-refractivity contribution in [3.63, 3.8) is 0 Å². The minimum Gasteiger partial charge on any atom is -0.368 e. The van der Waals surface area contributed by atoms with Gasteiger partial charge in [0.1, 0.15) is 0 Å². The third-order valence-corrected chi connectivity index (χ3v) is 8.16. The van der Waals surface area contributed by atoms with E-state index in [-0.39, 0.29) is 30.2 Å². The third-order valence-electron chi connectivity index (χ3n) is 7.91. The third kappa shape index (κ3) is 6.49. The van der Waals surface area contributed by atoms with Crippen LogP contribution in [0.4, 0.5) is 5.69 Å². The SMILES string of the molecule is CCN(C(C)=O)C(C)c1ccccc1N1CCN(C(=O)[C@H](CC(=O)N2CCC2)Cc2ccc(Cl)cc2)CC1. The molecule has 2 aromatic carbocycles. The van der Waals surface area contributed by atoms with E-state index < -0.39 is 5.92 Å². The summed E-state index contributed by atoms with van der Waals surface area (Å²) in [6.07, 6.45) is 1.79. The number of piperazine rings is 1. The molecular formula is C30H39ClN4O3. The number of carbonyl (C=O) groups excluding carboxylic acids is 3. The van der Waals surface area contributed by atoms with E-state index in [1.165, 1.54) is 0 Å². The molecule has 0 N–H and O–H groups in total. The normalized spacial score (nSPS) is 17.0. The fourth-order valence-corrected chi connectivity index (χ4v) is 5.68. The maximum Gasteiger partial charge on any atom is 0.226 e. The van der Waals surface area contributed by atoms with E-state index in [9.17, 15) is 14.4 Å². The molecule has 0 spiro atoms. The molecule has 0 saturated carbocycles. The molecule has 2 fully saturated rings. The number of rotatable bonds is 9. The summed E-state index contributed by atoms with van der Waals surface area (Å²) in [6.45, 7) is 10.5. The minimum atomic E-state index is -0.392. The second-order valence-corrected chi connectivity index (χ2v) is 10.8. The Balaban J connectivity index is 1.45. The Morgan fingerprint density at radius 3 is 2.16 bits per heavy atom. The Hall–Kier alpha value is -3.06. The first-order valence-electron chi connectivity index (χ1n) is 13.7. The Bertz CT molecular complexity index is 1130. The maximum atomic E-state index is 13.7. The topological polar surface area (TPSA) is 64.2 Å². The van der Waals surface area contributed by atoms with Crippen molar-refractivity contribution in [1.82, 2.24) is 14.7 Å². The van der Waals surface area contributed by atoms with Gasteiger partial charge in [0.15, 0.2) is 0 Å². The van der Waals surface area contributed by atoms with Gasteiger partial charge in [0.05, 0.1) is 12.0 Å². The van der Waals surface area contributed by atoms with Gasteiger partial charge in [-0.25, -0.2) is 0 Å². The van der Waals surface area contributed by atoms with Crippen LogP contribution in [-0.4, -0.2) is 78.2 Å². The zero-order chi connectivity index (χ0) is 27.2. The molecule has 2 aliphatic heterocycles. The van der Waals surface area contributed by atoms with Gasteiger partial charge in [0.2, 0.25) is 17.7 Å². The summed E-state index contributed by atoms with van der Waals surface area (Å²) in [5, 5.41) is 0.657. The van der Waals surface area contributed by atoms with Crippen LogP contribution in [0.5, 0.6) is 0 Å². The zero-order valence-corrected chi connectivity index (χ0v) is 23.5. The molecule has 8 heteroatoms. The number of nitrogens with zero attached hydrogens (tertiary/aromatic N) is 4. The Labute approximate surface area is 231 Å². The molecule has 2 saturated heterocycles. The van der Waals surface area contributed by atoms with Crippen molar-refractivity contribution in [2.45, 2.75) is 46.1 Å². The number of likely N-dealkylation sites (tertiary alicyclic amines) is 1. The van der Waals surface area contributed by atoms with E-state index in [0.717, 1.165) is 36.3 Å². The summed E-state index contributed by atoms with van der Waals surface area (Å²) in [6, 6.07) is 15.7. The maximum absolute atomic E-state index is 13.7. The second kappa shape index (κ2) is 12.7. The van der Waals surface area contributed by atoms with Crippen molar-refractivity contribution in [3.05, 3.63) is 64.7 Å². The highest BCUT2D eigenvalue weighted by atomic mass is 35.5. The van der Waals surface area contributed by atoms with E-state index in [0.29, 0.717) is 44.2 Å². The zero-order valence-electron chi connectivity index (χ0n) is 22.7. The standard InChI is InChI=1S/C30H39ClN4O3/c1-4-35(23(3)36)22(2)27-8-5-6-9-28(27)32-16-18-34(19-17-32)30(38)25(21-29(37)33-14-7-15-33)20-24-10-12-26(31)13-11-24/h5-6,8-13,22,25H,4,7,14-21H2,1-3H3/t22?,25-/m0/s1. The Kier molecular flexibility index (Phi) is 9.31. The van der Waals surface area contributed by atoms with E-state index in [1.54, 1.807) is 6.92 Å². The van der Waals surface area contributed by atoms with Crippen molar-refractivity contribution in [1.29, 1.82) is 0 Å². The van der Waals surface area contributed by atoms with Crippen LogP contribution in [0.2, 0.25) is 5.02 Å². The van der Waals surface area contributed by atoms with Crippen LogP contribution >= 0.6 is 11.6 Å². The summed E-state index contributed by atoms with van der Waals surface area (Å²) in [5.41, 5.74) is 3.24. The number of hydrogen-bond donors (Lipinski definition) is 0. The van der Waals surface area contributed by atoms with Crippen molar-refractivity contribution in [3.8, 4) is 0 Å². The Morgan fingerprint density at radius 1 is 0.921 bits per heavy atom. The van der Waals surface area contributed by atoms with E-state index in [2.05, 4.69) is 24.0 Å². The average molecular weight is 539 g/mol. The van der Waals surface area contributed by atoms with Crippen LogP contribution < -0.4 is 4.90 Å². The first-order valence-corrected chi connectivity index (χ1v) is 14.1. The highest BCUT2D eigenvalue weighted by Gasteiger charge is 2.32. The molecule has 7 nitrogen and oxygen atoms in total. The lowest BCUT2D eigenvalue weighted by atomic mass is 9.93. The van der Waals surface area contributed by atoms with Crippen LogP contribution in [0.3, 0.4) is 0 Å². The molecule has 2 atom stereocenters. The van der Waals surface area contributed by atoms with Crippen molar-refractivity contribution in [2.75, 3.05) is 50.7 Å². The smallest absolute Gasteiger partial charge is 0.226 e. The second-order valence-electron chi connectivity index (χ2n) is 10.3.